The highest BCUT2D eigenvalue weighted by Gasteiger charge is 2.21. The number of halogens is 1. The molecule has 0 spiro atoms. The highest BCUT2D eigenvalue weighted by Crippen LogP contribution is 2.32. The molecule has 118 valence electrons. The Balaban J connectivity index is 1.96. The predicted molar refractivity (Wildman–Crippen MR) is 92.6 cm³/mol. The van der Waals surface area contributed by atoms with E-state index in [-0.39, 0.29) is 0 Å². The van der Waals surface area contributed by atoms with E-state index in [4.69, 9.17) is 22.3 Å². The zero-order chi connectivity index (χ0) is 16.0. The lowest BCUT2D eigenvalue weighted by atomic mass is 10.1. The van der Waals surface area contributed by atoms with Crippen molar-refractivity contribution in [2.75, 3.05) is 23.7 Å². The second kappa shape index (κ2) is 5.38. The van der Waals surface area contributed by atoms with E-state index in [1.165, 1.54) is 12.8 Å². The molecule has 1 fully saturated rings. The summed E-state index contributed by atoms with van der Waals surface area (Å²) in [6.07, 6.45) is 2.34. The molecule has 0 amide bonds. The molecule has 7 heteroatoms. The SMILES string of the molecule is Cn1nc2nc(N3CCCC3)nc(-c3ccc(Cl)cc3)c2c1N. The Morgan fingerprint density at radius 1 is 1.09 bits per heavy atom. The number of anilines is 2. The molecule has 0 aliphatic carbocycles. The molecular weight excluding hydrogens is 312 g/mol. The molecule has 1 aromatic carbocycles. The van der Waals surface area contributed by atoms with Crippen LogP contribution >= 0.6 is 11.6 Å². The first kappa shape index (κ1) is 14.3. The Hall–Kier alpha value is -2.34. The molecule has 1 aliphatic rings. The van der Waals surface area contributed by atoms with Gasteiger partial charge >= 0.3 is 0 Å². The van der Waals surface area contributed by atoms with Crippen molar-refractivity contribution in [2.24, 2.45) is 7.05 Å². The van der Waals surface area contributed by atoms with Crippen LogP contribution in [0.3, 0.4) is 0 Å². The summed E-state index contributed by atoms with van der Waals surface area (Å²) < 4.78 is 1.65. The normalized spacial score (nSPS) is 14.8. The molecule has 2 N–H and O–H groups in total. The molecular formula is C16H17ClN6. The van der Waals surface area contributed by atoms with Gasteiger partial charge < -0.3 is 10.6 Å². The van der Waals surface area contributed by atoms with Crippen molar-refractivity contribution < 1.29 is 0 Å². The summed E-state index contributed by atoms with van der Waals surface area (Å²) in [6.45, 7) is 1.96. The number of hydrogen-bond donors (Lipinski definition) is 1. The van der Waals surface area contributed by atoms with Crippen LogP contribution in [0.5, 0.6) is 0 Å². The van der Waals surface area contributed by atoms with Crippen molar-refractivity contribution in [1.29, 1.82) is 0 Å². The average molecular weight is 329 g/mol. The second-order valence-corrected chi connectivity index (χ2v) is 6.22. The molecule has 4 rings (SSSR count). The van der Waals surface area contributed by atoms with E-state index in [0.717, 1.165) is 35.7 Å². The summed E-state index contributed by atoms with van der Waals surface area (Å²) >= 11 is 6.01. The van der Waals surface area contributed by atoms with E-state index < -0.39 is 0 Å². The highest BCUT2D eigenvalue weighted by molar-refractivity contribution is 6.30. The van der Waals surface area contributed by atoms with Gasteiger partial charge in [-0.3, -0.25) is 4.68 Å². The lowest BCUT2D eigenvalue weighted by Crippen LogP contribution is -2.20. The van der Waals surface area contributed by atoms with Crippen molar-refractivity contribution >= 4 is 34.4 Å². The molecule has 1 aliphatic heterocycles. The summed E-state index contributed by atoms with van der Waals surface area (Å²) in [5, 5.41) is 5.92. The maximum atomic E-state index is 6.19. The van der Waals surface area contributed by atoms with Gasteiger partial charge in [-0.2, -0.15) is 10.1 Å². The third-order valence-corrected chi connectivity index (χ3v) is 4.49. The summed E-state index contributed by atoms with van der Waals surface area (Å²) in [4.78, 5) is 11.6. The van der Waals surface area contributed by atoms with Crippen molar-refractivity contribution in [3.8, 4) is 11.3 Å². The van der Waals surface area contributed by atoms with Gasteiger partial charge in [0, 0.05) is 30.7 Å². The molecule has 3 aromatic rings. The Labute approximate surface area is 138 Å². The molecule has 3 heterocycles. The fourth-order valence-corrected chi connectivity index (χ4v) is 3.10. The van der Waals surface area contributed by atoms with E-state index in [1.54, 1.807) is 4.68 Å². The van der Waals surface area contributed by atoms with Gasteiger partial charge in [0.1, 0.15) is 5.82 Å². The zero-order valence-corrected chi connectivity index (χ0v) is 13.6. The number of benzene rings is 1. The van der Waals surface area contributed by atoms with Gasteiger partial charge in [0.05, 0.1) is 11.1 Å². The molecule has 0 unspecified atom stereocenters. The van der Waals surface area contributed by atoms with Crippen LogP contribution in [0.25, 0.3) is 22.3 Å². The fraction of sp³-hybridized carbons (Fsp3) is 0.312. The van der Waals surface area contributed by atoms with Crippen LogP contribution in [-0.2, 0) is 7.05 Å². The number of rotatable bonds is 2. The van der Waals surface area contributed by atoms with Gasteiger partial charge in [-0.1, -0.05) is 23.7 Å². The number of aryl methyl sites for hydroxylation is 1. The smallest absolute Gasteiger partial charge is 0.228 e. The lowest BCUT2D eigenvalue weighted by molar-refractivity contribution is 0.785. The predicted octanol–water partition coefficient (Wildman–Crippen LogP) is 2.87. The molecule has 23 heavy (non-hydrogen) atoms. The minimum Gasteiger partial charge on any atom is -0.383 e. The first-order valence-corrected chi connectivity index (χ1v) is 8.02. The van der Waals surface area contributed by atoms with Crippen LogP contribution in [0.2, 0.25) is 5.02 Å². The number of aromatic nitrogens is 4. The molecule has 0 bridgehead atoms. The Kier molecular flexibility index (Phi) is 3.34. The molecule has 0 radical (unpaired) electrons. The largest absolute Gasteiger partial charge is 0.383 e. The van der Waals surface area contributed by atoms with Crippen molar-refractivity contribution in [2.45, 2.75) is 12.8 Å². The third kappa shape index (κ3) is 2.39. The van der Waals surface area contributed by atoms with Gasteiger partial charge in [-0.05, 0) is 25.0 Å². The number of nitrogen functional groups attached to an aromatic ring is 1. The number of fused-ring (bicyclic) bond motifs is 1. The summed E-state index contributed by atoms with van der Waals surface area (Å²) in [6, 6.07) is 7.61. The second-order valence-electron chi connectivity index (χ2n) is 5.78. The molecule has 0 saturated carbocycles. The number of hydrogen-bond acceptors (Lipinski definition) is 5. The maximum Gasteiger partial charge on any atom is 0.228 e. The van der Waals surface area contributed by atoms with Crippen molar-refractivity contribution in [3.05, 3.63) is 29.3 Å². The van der Waals surface area contributed by atoms with Crippen LogP contribution < -0.4 is 10.6 Å². The quantitative estimate of drug-likeness (QED) is 0.783. The van der Waals surface area contributed by atoms with Crippen LogP contribution in [0, 0.1) is 0 Å². The van der Waals surface area contributed by atoms with E-state index in [2.05, 4.69) is 15.0 Å². The summed E-state index contributed by atoms with van der Waals surface area (Å²) in [7, 11) is 1.82. The van der Waals surface area contributed by atoms with Gasteiger partial charge in [0.2, 0.25) is 5.95 Å². The summed E-state index contributed by atoms with van der Waals surface area (Å²) in [5.41, 5.74) is 8.59. The Morgan fingerprint density at radius 3 is 2.48 bits per heavy atom. The minimum atomic E-state index is 0.568. The zero-order valence-electron chi connectivity index (χ0n) is 12.8. The number of nitrogens with two attached hydrogens (primary N) is 1. The first-order chi connectivity index (χ1) is 11.1. The van der Waals surface area contributed by atoms with E-state index in [1.807, 2.05) is 31.3 Å². The standard InChI is InChI=1S/C16H17ClN6/c1-22-14(18)12-13(10-4-6-11(17)7-5-10)19-16(20-15(12)21-22)23-8-2-3-9-23/h4-7H,2-3,8-9,18H2,1H3. The molecule has 0 atom stereocenters. The van der Waals surface area contributed by atoms with Gasteiger partial charge in [-0.15, -0.1) is 0 Å². The average Bonchev–Trinajstić information content (AvgIpc) is 3.17. The minimum absolute atomic E-state index is 0.568. The molecule has 2 aromatic heterocycles. The van der Waals surface area contributed by atoms with Crippen LogP contribution in [0.4, 0.5) is 11.8 Å². The molecule has 6 nitrogen and oxygen atoms in total. The van der Waals surface area contributed by atoms with E-state index in [9.17, 15) is 0 Å². The van der Waals surface area contributed by atoms with Gasteiger partial charge in [-0.25, -0.2) is 4.98 Å². The Bertz CT molecular complexity index is 864. The monoisotopic (exact) mass is 328 g/mol. The van der Waals surface area contributed by atoms with Gasteiger partial charge in [0.15, 0.2) is 5.65 Å². The van der Waals surface area contributed by atoms with Gasteiger partial charge in [0.25, 0.3) is 0 Å². The maximum absolute atomic E-state index is 6.19. The highest BCUT2D eigenvalue weighted by atomic mass is 35.5. The Morgan fingerprint density at radius 2 is 1.78 bits per heavy atom. The topological polar surface area (TPSA) is 72.9 Å². The van der Waals surface area contributed by atoms with Crippen LogP contribution in [-0.4, -0.2) is 32.8 Å². The van der Waals surface area contributed by atoms with E-state index >= 15 is 0 Å². The van der Waals surface area contributed by atoms with Crippen LogP contribution in [0.15, 0.2) is 24.3 Å². The third-order valence-electron chi connectivity index (χ3n) is 4.23. The first-order valence-electron chi connectivity index (χ1n) is 7.64. The lowest BCUT2D eigenvalue weighted by Gasteiger charge is -2.16. The summed E-state index contributed by atoms with van der Waals surface area (Å²) in [5.74, 6) is 1.29. The van der Waals surface area contributed by atoms with Crippen molar-refractivity contribution in [3.63, 3.8) is 0 Å². The number of nitrogens with zero attached hydrogens (tertiary/aromatic N) is 5. The van der Waals surface area contributed by atoms with E-state index in [0.29, 0.717) is 16.5 Å². The fourth-order valence-electron chi connectivity index (χ4n) is 2.98. The van der Waals surface area contributed by atoms with Crippen molar-refractivity contribution in [1.82, 2.24) is 19.7 Å². The molecule has 1 saturated heterocycles. The van der Waals surface area contributed by atoms with Crippen LogP contribution in [0.1, 0.15) is 12.8 Å².